The molecule has 106 valence electrons. The standard InChI is InChI=1S/C15H29NOS/c1-17-14-9-5-4-8-13(14)16-12-15(18-2)10-6-3-7-11-15/h13-14,16H,3-12H2,1-2H3. The van der Waals surface area contributed by atoms with E-state index in [1.165, 1.54) is 64.3 Å². The number of nitrogens with one attached hydrogen (secondary N) is 1. The lowest BCUT2D eigenvalue weighted by Crippen LogP contribution is -2.49. The van der Waals surface area contributed by atoms with Crippen molar-refractivity contribution in [3.63, 3.8) is 0 Å². The zero-order valence-corrected chi connectivity index (χ0v) is 12.9. The van der Waals surface area contributed by atoms with Gasteiger partial charge in [-0.2, -0.15) is 11.8 Å². The van der Waals surface area contributed by atoms with Crippen molar-refractivity contribution in [3.8, 4) is 0 Å². The van der Waals surface area contributed by atoms with E-state index in [-0.39, 0.29) is 0 Å². The summed E-state index contributed by atoms with van der Waals surface area (Å²) in [5.74, 6) is 0. The Kier molecular flexibility index (Phi) is 5.84. The maximum absolute atomic E-state index is 5.64. The van der Waals surface area contributed by atoms with Crippen LogP contribution in [0.2, 0.25) is 0 Å². The largest absolute Gasteiger partial charge is 0.380 e. The maximum Gasteiger partial charge on any atom is 0.0724 e. The highest BCUT2D eigenvalue weighted by Crippen LogP contribution is 2.38. The van der Waals surface area contributed by atoms with E-state index in [2.05, 4.69) is 23.3 Å². The summed E-state index contributed by atoms with van der Waals surface area (Å²) in [6.07, 6.45) is 15.0. The van der Waals surface area contributed by atoms with Gasteiger partial charge in [-0.15, -0.1) is 0 Å². The molecule has 0 heterocycles. The van der Waals surface area contributed by atoms with Gasteiger partial charge in [0.15, 0.2) is 0 Å². The number of methoxy groups -OCH3 is 1. The normalized spacial score (nSPS) is 32.3. The highest BCUT2D eigenvalue weighted by molar-refractivity contribution is 8.00. The lowest BCUT2D eigenvalue weighted by atomic mass is 9.87. The van der Waals surface area contributed by atoms with Gasteiger partial charge in [0.25, 0.3) is 0 Å². The van der Waals surface area contributed by atoms with E-state index in [1.807, 2.05) is 7.11 Å². The molecule has 0 spiro atoms. The van der Waals surface area contributed by atoms with Gasteiger partial charge in [0.05, 0.1) is 6.10 Å². The van der Waals surface area contributed by atoms with E-state index in [0.29, 0.717) is 16.9 Å². The van der Waals surface area contributed by atoms with Crippen molar-refractivity contribution in [1.29, 1.82) is 0 Å². The summed E-state index contributed by atoms with van der Waals surface area (Å²) < 4.78 is 6.15. The molecule has 2 atom stereocenters. The Labute approximate surface area is 117 Å². The molecule has 18 heavy (non-hydrogen) atoms. The predicted molar refractivity (Wildman–Crippen MR) is 80.4 cm³/mol. The zero-order chi connectivity index (χ0) is 12.8. The zero-order valence-electron chi connectivity index (χ0n) is 12.0. The molecule has 0 aromatic carbocycles. The summed E-state index contributed by atoms with van der Waals surface area (Å²) in [5.41, 5.74) is 0. The first-order chi connectivity index (χ1) is 8.79. The van der Waals surface area contributed by atoms with Crippen LogP contribution >= 0.6 is 11.8 Å². The molecule has 0 aliphatic heterocycles. The van der Waals surface area contributed by atoms with Crippen LogP contribution in [0.3, 0.4) is 0 Å². The molecule has 1 N–H and O–H groups in total. The van der Waals surface area contributed by atoms with Gasteiger partial charge in [0, 0.05) is 24.4 Å². The Morgan fingerprint density at radius 1 is 1.11 bits per heavy atom. The summed E-state index contributed by atoms with van der Waals surface area (Å²) in [6.45, 7) is 1.18. The third-order valence-corrected chi connectivity index (χ3v) is 6.31. The van der Waals surface area contributed by atoms with Crippen molar-refractivity contribution >= 4 is 11.8 Å². The molecule has 2 fully saturated rings. The van der Waals surface area contributed by atoms with Crippen LogP contribution in [0, 0.1) is 0 Å². The molecule has 3 heteroatoms. The molecule has 0 aromatic rings. The van der Waals surface area contributed by atoms with E-state index in [4.69, 9.17) is 4.74 Å². The first-order valence-corrected chi connectivity index (χ1v) is 8.83. The van der Waals surface area contributed by atoms with Gasteiger partial charge in [-0.25, -0.2) is 0 Å². The van der Waals surface area contributed by atoms with E-state index in [0.717, 1.165) is 0 Å². The Hall–Kier alpha value is 0.270. The van der Waals surface area contributed by atoms with Crippen LogP contribution in [-0.2, 0) is 4.74 Å². The molecule has 0 saturated heterocycles. The van der Waals surface area contributed by atoms with Crippen molar-refractivity contribution < 1.29 is 4.74 Å². The van der Waals surface area contributed by atoms with Crippen molar-refractivity contribution in [2.75, 3.05) is 19.9 Å². The van der Waals surface area contributed by atoms with Crippen LogP contribution in [0.25, 0.3) is 0 Å². The lowest BCUT2D eigenvalue weighted by molar-refractivity contribution is 0.0406. The minimum Gasteiger partial charge on any atom is -0.380 e. The number of hydrogen-bond acceptors (Lipinski definition) is 3. The minimum absolute atomic E-state index is 0.446. The third-order valence-electron chi connectivity index (χ3n) is 4.89. The average molecular weight is 271 g/mol. The Morgan fingerprint density at radius 3 is 2.50 bits per heavy atom. The smallest absolute Gasteiger partial charge is 0.0724 e. The van der Waals surface area contributed by atoms with Gasteiger partial charge in [-0.3, -0.25) is 0 Å². The number of rotatable bonds is 5. The van der Waals surface area contributed by atoms with Crippen LogP contribution in [0.4, 0.5) is 0 Å². The average Bonchev–Trinajstić information content (AvgIpc) is 2.46. The fourth-order valence-corrected chi connectivity index (χ4v) is 4.50. The second-order valence-corrected chi connectivity index (χ2v) is 7.27. The monoisotopic (exact) mass is 271 g/mol. The molecule has 2 nitrogen and oxygen atoms in total. The van der Waals surface area contributed by atoms with E-state index in [1.54, 1.807) is 0 Å². The van der Waals surface area contributed by atoms with Gasteiger partial charge in [-0.1, -0.05) is 32.1 Å². The fraction of sp³-hybridized carbons (Fsp3) is 1.00. The summed E-state index contributed by atoms with van der Waals surface area (Å²) in [5, 5.41) is 3.84. The molecule has 0 bridgehead atoms. The molecule has 2 aliphatic carbocycles. The molecule has 0 radical (unpaired) electrons. The van der Waals surface area contributed by atoms with Gasteiger partial charge in [-0.05, 0) is 31.9 Å². The lowest BCUT2D eigenvalue weighted by Gasteiger charge is -2.39. The van der Waals surface area contributed by atoms with Crippen LogP contribution in [0.15, 0.2) is 0 Å². The van der Waals surface area contributed by atoms with Gasteiger partial charge in [0.1, 0.15) is 0 Å². The van der Waals surface area contributed by atoms with Crippen molar-refractivity contribution in [2.24, 2.45) is 0 Å². The molecule has 0 amide bonds. The van der Waals surface area contributed by atoms with Crippen LogP contribution in [-0.4, -0.2) is 36.8 Å². The summed E-state index contributed by atoms with van der Waals surface area (Å²) in [4.78, 5) is 0. The summed E-state index contributed by atoms with van der Waals surface area (Å²) in [7, 11) is 1.87. The molecule has 2 unspecified atom stereocenters. The van der Waals surface area contributed by atoms with Crippen LogP contribution in [0.5, 0.6) is 0 Å². The second-order valence-electron chi connectivity index (χ2n) is 5.99. The third kappa shape index (κ3) is 3.64. The molecule has 2 saturated carbocycles. The number of thioether (sulfide) groups is 1. The molecular formula is C15H29NOS. The predicted octanol–water partition coefficient (Wildman–Crippen LogP) is 3.60. The van der Waals surface area contributed by atoms with Crippen molar-refractivity contribution in [3.05, 3.63) is 0 Å². The molecule has 2 aliphatic rings. The minimum atomic E-state index is 0.446. The quantitative estimate of drug-likeness (QED) is 0.825. The highest BCUT2D eigenvalue weighted by atomic mass is 32.2. The molecule has 2 rings (SSSR count). The summed E-state index contributed by atoms with van der Waals surface area (Å²) >= 11 is 2.09. The fourth-order valence-electron chi connectivity index (χ4n) is 3.58. The molecular weight excluding hydrogens is 242 g/mol. The maximum atomic E-state index is 5.64. The van der Waals surface area contributed by atoms with Crippen molar-refractivity contribution in [1.82, 2.24) is 5.32 Å². The van der Waals surface area contributed by atoms with Gasteiger partial charge < -0.3 is 10.1 Å². The number of ether oxygens (including phenoxy) is 1. The van der Waals surface area contributed by atoms with Crippen LogP contribution < -0.4 is 5.32 Å². The van der Waals surface area contributed by atoms with E-state index >= 15 is 0 Å². The van der Waals surface area contributed by atoms with Gasteiger partial charge in [0.2, 0.25) is 0 Å². The Balaban J connectivity index is 1.84. The van der Waals surface area contributed by atoms with E-state index in [9.17, 15) is 0 Å². The van der Waals surface area contributed by atoms with Crippen molar-refractivity contribution in [2.45, 2.75) is 74.7 Å². The first-order valence-electron chi connectivity index (χ1n) is 7.61. The first kappa shape index (κ1) is 14.7. The summed E-state index contributed by atoms with van der Waals surface area (Å²) in [6, 6.07) is 0.592. The van der Waals surface area contributed by atoms with E-state index < -0.39 is 0 Å². The van der Waals surface area contributed by atoms with Gasteiger partial charge >= 0.3 is 0 Å². The number of hydrogen-bond donors (Lipinski definition) is 1. The Morgan fingerprint density at radius 2 is 1.83 bits per heavy atom. The van der Waals surface area contributed by atoms with Crippen LogP contribution in [0.1, 0.15) is 57.8 Å². The second kappa shape index (κ2) is 7.16. The molecule has 0 aromatic heterocycles. The SMILES string of the molecule is COC1CCCCC1NCC1(SC)CCCCC1. The topological polar surface area (TPSA) is 21.3 Å². The Bertz CT molecular complexity index is 241. The highest BCUT2D eigenvalue weighted by Gasteiger charge is 2.33.